The Labute approximate surface area is 145 Å². The molecule has 5 heteroatoms. The maximum atomic E-state index is 12.0. The standard InChI is InChI=1S/C19H30N2O3/c1-18(2,3)14-7-6-8-16(11-14)24-10-9-20-17(22)21-12-15(13-21)19(4,5)23/h6-8,11,15,23H,9-10,12-13H2,1-5H3,(H,20,22). The van der Waals surface area contributed by atoms with E-state index in [4.69, 9.17) is 4.74 Å². The largest absolute Gasteiger partial charge is 0.492 e. The van der Waals surface area contributed by atoms with Gasteiger partial charge in [0.1, 0.15) is 12.4 Å². The molecule has 0 radical (unpaired) electrons. The number of amides is 2. The number of nitrogens with one attached hydrogen (secondary N) is 1. The predicted molar refractivity (Wildman–Crippen MR) is 95.4 cm³/mol. The summed E-state index contributed by atoms with van der Waals surface area (Å²) in [7, 11) is 0. The Morgan fingerprint density at radius 2 is 1.96 bits per heavy atom. The summed E-state index contributed by atoms with van der Waals surface area (Å²) in [5.41, 5.74) is 0.586. The summed E-state index contributed by atoms with van der Waals surface area (Å²) in [6.07, 6.45) is 0. The van der Waals surface area contributed by atoms with Gasteiger partial charge in [-0.1, -0.05) is 32.9 Å². The van der Waals surface area contributed by atoms with Crippen LogP contribution in [0, 0.1) is 5.92 Å². The lowest BCUT2D eigenvalue weighted by atomic mass is 9.85. The topological polar surface area (TPSA) is 61.8 Å². The molecule has 2 N–H and O–H groups in total. The van der Waals surface area contributed by atoms with Gasteiger partial charge in [0.2, 0.25) is 0 Å². The first-order valence-corrected chi connectivity index (χ1v) is 8.56. The number of ether oxygens (including phenoxy) is 1. The van der Waals surface area contributed by atoms with E-state index in [1.165, 1.54) is 5.56 Å². The number of benzene rings is 1. The van der Waals surface area contributed by atoms with E-state index in [0.29, 0.717) is 26.2 Å². The molecule has 1 aliphatic heterocycles. The molecule has 2 rings (SSSR count). The molecule has 1 aliphatic rings. The SMILES string of the molecule is CC(C)(C)c1cccc(OCCNC(=O)N2CC(C(C)(C)O)C2)c1. The van der Waals surface area contributed by atoms with Gasteiger partial charge in [0.05, 0.1) is 12.1 Å². The van der Waals surface area contributed by atoms with Crippen molar-refractivity contribution in [3.63, 3.8) is 0 Å². The monoisotopic (exact) mass is 334 g/mol. The van der Waals surface area contributed by atoms with Crippen LogP contribution in [0.25, 0.3) is 0 Å². The summed E-state index contributed by atoms with van der Waals surface area (Å²) < 4.78 is 5.73. The van der Waals surface area contributed by atoms with Crippen LogP contribution >= 0.6 is 0 Å². The minimum absolute atomic E-state index is 0.0854. The minimum atomic E-state index is -0.724. The fraction of sp³-hybridized carbons (Fsp3) is 0.632. The molecule has 1 fully saturated rings. The zero-order chi connectivity index (χ0) is 18.0. The first kappa shape index (κ1) is 18.6. The molecule has 0 aromatic heterocycles. The van der Waals surface area contributed by atoms with Crippen molar-refractivity contribution in [3.05, 3.63) is 29.8 Å². The van der Waals surface area contributed by atoms with Gasteiger partial charge in [0.25, 0.3) is 0 Å². The molecule has 0 atom stereocenters. The Morgan fingerprint density at radius 1 is 1.29 bits per heavy atom. The Kier molecular flexibility index (Phi) is 5.43. The highest BCUT2D eigenvalue weighted by atomic mass is 16.5. The van der Waals surface area contributed by atoms with Crippen LogP contribution in [-0.2, 0) is 5.41 Å². The number of hydrogen-bond donors (Lipinski definition) is 2. The number of likely N-dealkylation sites (tertiary alicyclic amines) is 1. The number of rotatable bonds is 5. The lowest BCUT2D eigenvalue weighted by Gasteiger charge is -2.44. The number of hydrogen-bond acceptors (Lipinski definition) is 3. The normalized spacial score (nSPS) is 15.8. The molecule has 0 unspecified atom stereocenters. The number of aliphatic hydroxyl groups is 1. The van der Waals surface area contributed by atoms with Crippen molar-refractivity contribution >= 4 is 6.03 Å². The van der Waals surface area contributed by atoms with Gasteiger partial charge in [-0.25, -0.2) is 4.79 Å². The zero-order valence-corrected chi connectivity index (χ0v) is 15.4. The molecule has 2 amide bonds. The zero-order valence-electron chi connectivity index (χ0n) is 15.4. The second kappa shape index (κ2) is 7.01. The van der Waals surface area contributed by atoms with Gasteiger partial charge in [0.15, 0.2) is 0 Å². The lowest BCUT2D eigenvalue weighted by Crippen LogP contribution is -2.60. The van der Waals surface area contributed by atoms with E-state index in [9.17, 15) is 9.90 Å². The van der Waals surface area contributed by atoms with Crippen LogP contribution in [0.15, 0.2) is 24.3 Å². The van der Waals surface area contributed by atoms with Gasteiger partial charge in [-0.05, 0) is 37.0 Å². The fourth-order valence-electron chi connectivity index (χ4n) is 2.58. The highest BCUT2D eigenvalue weighted by Gasteiger charge is 2.39. The van der Waals surface area contributed by atoms with Crippen LogP contribution in [0.3, 0.4) is 0 Å². The van der Waals surface area contributed by atoms with Gasteiger partial charge in [-0.15, -0.1) is 0 Å². The second-order valence-electron chi connectivity index (χ2n) is 8.11. The maximum Gasteiger partial charge on any atom is 0.317 e. The van der Waals surface area contributed by atoms with Crippen molar-refractivity contribution in [2.24, 2.45) is 5.92 Å². The molecule has 0 bridgehead atoms. The predicted octanol–water partition coefficient (Wildman–Crippen LogP) is 2.78. The van der Waals surface area contributed by atoms with Crippen molar-refractivity contribution in [1.82, 2.24) is 10.2 Å². The maximum absolute atomic E-state index is 12.0. The van der Waals surface area contributed by atoms with E-state index in [0.717, 1.165) is 5.75 Å². The summed E-state index contributed by atoms with van der Waals surface area (Å²) in [5, 5.41) is 12.7. The van der Waals surface area contributed by atoms with Crippen molar-refractivity contribution in [2.75, 3.05) is 26.2 Å². The quantitative estimate of drug-likeness (QED) is 0.814. The van der Waals surface area contributed by atoms with E-state index in [2.05, 4.69) is 32.2 Å². The molecule has 1 saturated heterocycles. The van der Waals surface area contributed by atoms with Crippen LogP contribution in [0.4, 0.5) is 4.79 Å². The third kappa shape index (κ3) is 4.87. The molecule has 1 aromatic rings. The fourth-order valence-corrected chi connectivity index (χ4v) is 2.58. The summed E-state index contributed by atoms with van der Waals surface area (Å²) in [5.74, 6) is 0.974. The van der Waals surface area contributed by atoms with Crippen LogP contribution in [-0.4, -0.2) is 47.9 Å². The Bertz CT molecular complexity index is 567. The van der Waals surface area contributed by atoms with Crippen LogP contribution in [0.2, 0.25) is 0 Å². The first-order chi connectivity index (χ1) is 11.1. The van der Waals surface area contributed by atoms with Crippen molar-refractivity contribution in [2.45, 2.75) is 45.6 Å². The highest BCUT2D eigenvalue weighted by Crippen LogP contribution is 2.27. The molecule has 134 valence electrons. The van der Waals surface area contributed by atoms with Crippen LogP contribution in [0.1, 0.15) is 40.2 Å². The number of urea groups is 1. The summed E-state index contributed by atoms with van der Waals surface area (Å²) in [6.45, 7) is 12.2. The summed E-state index contributed by atoms with van der Waals surface area (Å²) in [4.78, 5) is 13.7. The highest BCUT2D eigenvalue weighted by molar-refractivity contribution is 5.75. The van der Waals surface area contributed by atoms with Gasteiger partial charge >= 0.3 is 6.03 Å². The first-order valence-electron chi connectivity index (χ1n) is 8.56. The van der Waals surface area contributed by atoms with Gasteiger partial charge < -0.3 is 20.1 Å². The number of nitrogens with zero attached hydrogens (tertiary/aromatic N) is 1. The van der Waals surface area contributed by atoms with Crippen molar-refractivity contribution < 1.29 is 14.6 Å². The average Bonchev–Trinajstić information content (AvgIpc) is 2.40. The number of carbonyl (C=O) groups excluding carboxylic acids is 1. The Morgan fingerprint density at radius 3 is 2.54 bits per heavy atom. The third-order valence-electron chi connectivity index (χ3n) is 4.51. The van der Waals surface area contributed by atoms with E-state index in [-0.39, 0.29) is 17.4 Å². The van der Waals surface area contributed by atoms with Crippen LogP contribution in [0.5, 0.6) is 5.75 Å². The van der Waals surface area contributed by atoms with Gasteiger partial charge in [0, 0.05) is 19.0 Å². The molecule has 1 aromatic carbocycles. The Balaban J connectivity index is 1.70. The molecule has 1 heterocycles. The molecule has 5 nitrogen and oxygen atoms in total. The van der Waals surface area contributed by atoms with E-state index < -0.39 is 5.60 Å². The van der Waals surface area contributed by atoms with Crippen molar-refractivity contribution in [3.8, 4) is 5.75 Å². The second-order valence-corrected chi connectivity index (χ2v) is 8.11. The van der Waals surface area contributed by atoms with Gasteiger partial charge in [-0.3, -0.25) is 0 Å². The Hall–Kier alpha value is -1.75. The van der Waals surface area contributed by atoms with E-state index >= 15 is 0 Å². The van der Waals surface area contributed by atoms with Crippen LogP contribution < -0.4 is 10.1 Å². The number of carbonyl (C=O) groups is 1. The average molecular weight is 334 g/mol. The minimum Gasteiger partial charge on any atom is -0.492 e. The third-order valence-corrected chi connectivity index (χ3v) is 4.51. The lowest BCUT2D eigenvalue weighted by molar-refractivity contribution is -0.0457. The molecule has 0 saturated carbocycles. The molecule has 0 spiro atoms. The summed E-state index contributed by atoms with van der Waals surface area (Å²) in [6, 6.07) is 7.97. The molecule has 0 aliphatic carbocycles. The summed E-state index contributed by atoms with van der Waals surface area (Å²) >= 11 is 0. The molecular weight excluding hydrogens is 304 g/mol. The van der Waals surface area contributed by atoms with Gasteiger partial charge in [-0.2, -0.15) is 0 Å². The van der Waals surface area contributed by atoms with Crippen molar-refractivity contribution in [1.29, 1.82) is 0 Å². The van der Waals surface area contributed by atoms with E-state index in [1.54, 1.807) is 18.7 Å². The van der Waals surface area contributed by atoms with E-state index in [1.807, 2.05) is 18.2 Å². The molecular formula is C19H30N2O3. The molecule has 24 heavy (non-hydrogen) atoms. The smallest absolute Gasteiger partial charge is 0.317 e.